The van der Waals surface area contributed by atoms with Crippen LogP contribution >= 0.6 is 23.2 Å². The molecular weight excluding hydrogens is 415 g/mol. The summed E-state index contributed by atoms with van der Waals surface area (Å²) in [4.78, 5) is 12.5. The van der Waals surface area contributed by atoms with Gasteiger partial charge in [0.15, 0.2) is 0 Å². The van der Waals surface area contributed by atoms with Crippen molar-refractivity contribution < 1.29 is 22.7 Å². The molecule has 10 heteroatoms. The molecule has 1 amide bonds. The van der Waals surface area contributed by atoms with Crippen molar-refractivity contribution in [2.24, 2.45) is 0 Å². The molecule has 0 saturated carbocycles. The number of rotatable bonds is 7. The van der Waals surface area contributed by atoms with Crippen molar-refractivity contribution in [2.75, 3.05) is 36.6 Å². The molecular formula is C17H18Cl2N2O5S. The Morgan fingerprint density at radius 1 is 1.07 bits per heavy atom. The lowest BCUT2D eigenvalue weighted by atomic mass is 10.2. The third-order valence-electron chi connectivity index (χ3n) is 3.56. The maximum absolute atomic E-state index is 12.5. The number of amides is 1. The van der Waals surface area contributed by atoms with Gasteiger partial charge in [-0.05, 0) is 30.3 Å². The third kappa shape index (κ3) is 5.41. The Morgan fingerprint density at radius 3 is 2.33 bits per heavy atom. The average molecular weight is 433 g/mol. The van der Waals surface area contributed by atoms with Crippen LogP contribution < -0.4 is 19.1 Å². The number of methoxy groups -OCH3 is 2. The van der Waals surface area contributed by atoms with Gasteiger partial charge in [0, 0.05) is 6.07 Å². The molecule has 0 aliphatic heterocycles. The third-order valence-corrected chi connectivity index (χ3v) is 5.44. The van der Waals surface area contributed by atoms with Crippen LogP contribution in [-0.2, 0) is 14.8 Å². The van der Waals surface area contributed by atoms with Crippen LogP contribution in [0.25, 0.3) is 0 Å². The molecule has 0 unspecified atom stereocenters. The lowest BCUT2D eigenvalue weighted by Crippen LogP contribution is -2.37. The topological polar surface area (TPSA) is 84.9 Å². The molecule has 0 fully saturated rings. The number of benzene rings is 2. The standard InChI is InChI=1S/C17H18Cl2N2O5S/c1-25-12-5-7-15(16(9-12)26-2)20-17(22)10-21(27(3,23)24)11-4-6-13(18)14(19)8-11/h4-9H,10H2,1-3H3,(H,20,22). The van der Waals surface area contributed by atoms with Crippen LogP contribution in [0.3, 0.4) is 0 Å². The first-order valence-electron chi connectivity index (χ1n) is 7.60. The summed E-state index contributed by atoms with van der Waals surface area (Å²) in [6.45, 7) is -0.452. The highest BCUT2D eigenvalue weighted by Crippen LogP contribution is 2.30. The quantitative estimate of drug-likeness (QED) is 0.724. The second-order valence-corrected chi connectivity index (χ2v) is 8.20. The Bertz CT molecular complexity index is 950. The van der Waals surface area contributed by atoms with Gasteiger partial charge in [0.2, 0.25) is 15.9 Å². The molecule has 0 atom stereocenters. The van der Waals surface area contributed by atoms with Crippen molar-refractivity contribution in [2.45, 2.75) is 0 Å². The first-order valence-corrected chi connectivity index (χ1v) is 10.2. The Kier molecular flexibility index (Phi) is 6.80. The number of hydrogen-bond donors (Lipinski definition) is 1. The summed E-state index contributed by atoms with van der Waals surface area (Å²) in [5.41, 5.74) is 0.606. The zero-order chi connectivity index (χ0) is 20.2. The van der Waals surface area contributed by atoms with Crippen molar-refractivity contribution in [1.82, 2.24) is 0 Å². The highest BCUT2D eigenvalue weighted by Gasteiger charge is 2.22. The van der Waals surface area contributed by atoms with Crippen LogP contribution in [-0.4, -0.2) is 41.3 Å². The van der Waals surface area contributed by atoms with Gasteiger partial charge < -0.3 is 14.8 Å². The van der Waals surface area contributed by atoms with E-state index in [1.807, 2.05) is 0 Å². The molecule has 0 bridgehead atoms. The Labute approximate surface area is 167 Å². The highest BCUT2D eigenvalue weighted by molar-refractivity contribution is 7.92. The molecule has 27 heavy (non-hydrogen) atoms. The van der Waals surface area contributed by atoms with E-state index in [4.69, 9.17) is 32.7 Å². The van der Waals surface area contributed by atoms with E-state index in [1.54, 1.807) is 18.2 Å². The molecule has 0 saturated heterocycles. The maximum Gasteiger partial charge on any atom is 0.245 e. The number of anilines is 2. The van der Waals surface area contributed by atoms with E-state index in [9.17, 15) is 13.2 Å². The van der Waals surface area contributed by atoms with Gasteiger partial charge in [0.1, 0.15) is 18.0 Å². The van der Waals surface area contributed by atoms with Crippen molar-refractivity contribution in [3.63, 3.8) is 0 Å². The minimum Gasteiger partial charge on any atom is -0.497 e. The summed E-state index contributed by atoms with van der Waals surface area (Å²) in [5, 5.41) is 3.09. The maximum atomic E-state index is 12.5. The molecule has 0 heterocycles. The lowest BCUT2D eigenvalue weighted by molar-refractivity contribution is -0.114. The fourth-order valence-electron chi connectivity index (χ4n) is 2.26. The lowest BCUT2D eigenvalue weighted by Gasteiger charge is -2.22. The van der Waals surface area contributed by atoms with Crippen LogP contribution in [0.15, 0.2) is 36.4 Å². The fraction of sp³-hybridized carbons (Fsp3) is 0.235. The Morgan fingerprint density at radius 2 is 1.78 bits per heavy atom. The van der Waals surface area contributed by atoms with Gasteiger partial charge in [0.25, 0.3) is 0 Å². The first kappa shape index (κ1) is 21.1. The summed E-state index contributed by atoms with van der Waals surface area (Å²) in [7, 11) is -0.786. The predicted molar refractivity (Wildman–Crippen MR) is 107 cm³/mol. The minimum absolute atomic E-state index is 0.181. The van der Waals surface area contributed by atoms with E-state index in [0.29, 0.717) is 17.2 Å². The highest BCUT2D eigenvalue weighted by atomic mass is 35.5. The number of nitrogens with one attached hydrogen (secondary N) is 1. The van der Waals surface area contributed by atoms with Gasteiger partial charge in [-0.25, -0.2) is 8.42 Å². The molecule has 2 aromatic rings. The van der Waals surface area contributed by atoms with E-state index < -0.39 is 22.5 Å². The van der Waals surface area contributed by atoms with Crippen molar-refractivity contribution >= 4 is 50.5 Å². The second kappa shape index (κ2) is 8.69. The summed E-state index contributed by atoms with van der Waals surface area (Å²) >= 11 is 11.8. The number of carbonyl (C=O) groups excluding carboxylic acids is 1. The summed E-state index contributed by atoms with van der Waals surface area (Å²) in [6.07, 6.45) is 0.997. The van der Waals surface area contributed by atoms with E-state index in [2.05, 4.69) is 5.32 Å². The summed E-state index contributed by atoms with van der Waals surface area (Å²) in [6, 6.07) is 9.15. The molecule has 0 radical (unpaired) electrons. The number of nitrogens with zero attached hydrogens (tertiary/aromatic N) is 1. The SMILES string of the molecule is COc1ccc(NC(=O)CN(c2ccc(Cl)c(Cl)c2)S(C)(=O)=O)c(OC)c1. The van der Waals surface area contributed by atoms with Gasteiger partial charge >= 0.3 is 0 Å². The molecule has 146 valence electrons. The largest absolute Gasteiger partial charge is 0.497 e. The molecule has 2 aromatic carbocycles. The van der Waals surface area contributed by atoms with Crippen LogP contribution in [0.1, 0.15) is 0 Å². The second-order valence-electron chi connectivity index (χ2n) is 5.48. The van der Waals surface area contributed by atoms with E-state index in [1.165, 1.54) is 32.4 Å². The molecule has 7 nitrogen and oxygen atoms in total. The number of halogens is 2. The minimum atomic E-state index is -3.74. The average Bonchev–Trinajstić information content (AvgIpc) is 2.61. The number of hydrogen-bond acceptors (Lipinski definition) is 5. The molecule has 2 rings (SSSR count). The number of ether oxygens (including phenoxy) is 2. The van der Waals surface area contributed by atoms with E-state index >= 15 is 0 Å². The van der Waals surface area contributed by atoms with Crippen molar-refractivity contribution in [1.29, 1.82) is 0 Å². The van der Waals surface area contributed by atoms with Crippen LogP contribution in [0, 0.1) is 0 Å². The van der Waals surface area contributed by atoms with Gasteiger partial charge in [-0.3, -0.25) is 9.10 Å². The van der Waals surface area contributed by atoms with Gasteiger partial charge in [0.05, 0.1) is 41.9 Å². The summed E-state index contributed by atoms with van der Waals surface area (Å²) < 4.78 is 35.6. The van der Waals surface area contributed by atoms with Crippen LogP contribution in [0.2, 0.25) is 10.0 Å². The zero-order valence-corrected chi connectivity index (χ0v) is 17.2. The van der Waals surface area contributed by atoms with E-state index in [0.717, 1.165) is 10.6 Å². The van der Waals surface area contributed by atoms with Gasteiger partial charge in [-0.15, -0.1) is 0 Å². The zero-order valence-electron chi connectivity index (χ0n) is 14.8. The van der Waals surface area contributed by atoms with Crippen molar-refractivity contribution in [3.05, 3.63) is 46.4 Å². The Hall–Kier alpha value is -2.16. The van der Waals surface area contributed by atoms with Gasteiger partial charge in [-0.2, -0.15) is 0 Å². The number of carbonyl (C=O) groups is 1. The van der Waals surface area contributed by atoms with Gasteiger partial charge in [-0.1, -0.05) is 23.2 Å². The van der Waals surface area contributed by atoms with Crippen molar-refractivity contribution in [3.8, 4) is 11.5 Å². The Balaban J connectivity index is 2.26. The molecule has 0 aromatic heterocycles. The first-order chi connectivity index (χ1) is 12.7. The summed E-state index contributed by atoms with van der Waals surface area (Å²) in [5.74, 6) is 0.372. The molecule has 0 spiro atoms. The molecule has 1 N–H and O–H groups in total. The van der Waals surface area contributed by atoms with Crippen LogP contribution in [0.5, 0.6) is 11.5 Å². The fourth-order valence-corrected chi connectivity index (χ4v) is 3.40. The molecule has 0 aliphatic rings. The van der Waals surface area contributed by atoms with E-state index in [-0.39, 0.29) is 15.7 Å². The van der Waals surface area contributed by atoms with Crippen LogP contribution in [0.4, 0.5) is 11.4 Å². The number of sulfonamides is 1. The normalized spacial score (nSPS) is 11.0. The molecule has 0 aliphatic carbocycles. The monoisotopic (exact) mass is 432 g/mol. The predicted octanol–water partition coefficient (Wildman–Crippen LogP) is 3.42. The smallest absolute Gasteiger partial charge is 0.245 e.